The molecule has 0 spiro atoms. The molecule has 0 aliphatic heterocycles. The van der Waals surface area contributed by atoms with Crippen LogP contribution in [0.4, 0.5) is 0 Å². The highest BCUT2D eigenvalue weighted by molar-refractivity contribution is 7.98. The molecule has 0 saturated heterocycles. The summed E-state index contributed by atoms with van der Waals surface area (Å²) < 4.78 is 5.10. The monoisotopic (exact) mass is 240 g/mol. The van der Waals surface area contributed by atoms with Crippen molar-refractivity contribution in [1.29, 1.82) is 0 Å². The molecule has 0 aromatic heterocycles. The summed E-state index contributed by atoms with van der Waals surface area (Å²) in [6, 6.07) is 8.30. The summed E-state index contributed by atoms with van der Waals surface area (Å²) in [4.78, 5) is 0. The molecular formula is C12H20N2OS. The van der Waals surface area contributed by atoms with Crippen LogP contribution in [0.1, 0.15) is 12.0 Å². The molecular weight excluding hydrogens is 220 g/mol. The second-order valence-electron chi connectivity index (χ2n) is 3.69. The molecule has 1 rings (SSSR count). The number of hydrogen-bond donors (Lipinski definition) is 2. The van der Waals surface area contributed by atoms with Crippen LogP contribution in [0.5, 0.6) is 5.75 Å². The van der Waals surface area contributed by atoms with Crippen LogP contribution >= 0.6 is 11.8 Å². The Bertz CT molecular complexity index is 290. The van der Waals surface area contributed by atoms with E-state index in [1.165, 1.54) is 5.56 Å². The van der Waals surface area contributed by atoms with Crippen LogP contribution < -0.4 is 16.2 Å². The van der Waals surface area contributed by atoms with Gasteiger partial charge in [-0.15, -0.1) is 0 Å². The predicted octanol–water partition coefficient (Wildman–Crippen LogP) is 1.60. The third-order valence-electron chi connectivity index (χ3n) is 2.36. The van der Waals surface area contributed by atoms with Crippen LogP contribution in [0.3, 0.4) is 0 Å². The molecule has 0 aliphatic rings. The zero-order valence-electron chi connectivity index (χ0n) is 9.69. The van der Waals surface area contributed by atoms with Gasteiger partial charge in [0.2, 0.25) is 0 Å². The van der Waals surface area contributed by atoms with Crippen LogP contribution in [0, 0.1) is 0 Å². The Kier molecular flexibility index (Phi) is 6.30. The quantitative estimate of drug-likeness (QED) is 0.711. The van der Waals surface area contributed by atoms with Crippen molar-refractivity contribution < 1.29 is 4.74 Å². The van der Waals surface area contributed by atoms with E-state index in [9.17, 15) is 0 Å². The number of benzene rings is 1. The maximum atomic E-state index is 5.74. The Morgan fingerprint density at radius 3 is 2.56 bits per heavy atom. The molecule has 3 nitrogen and oxygen atoms in total. The summed E-state index contributed by atoms with van der Waals surface area (Å²) in [5.74, 6) is 2.98. The van der Waals surface area contributed by atoms with Gasteiger partial charge in [-0.05, 0) is 29.9 Å². The molecule has 0 amide bonds. The van der Waals surface area contributed by atoms with Crippen molar-refractivity contribution in [2.24, 2.45) is 11.5 Å². The molecule has 0 unspecified atom stereocenters. The average Bonchev–Trinajstić information content (AvgIpc) is 2.35. The molecule has 0 heterocycles. The van der Waals surface area contributed by atoms with E-state index in [4.69, 9.17) is 16.2 Å². The highest BCUT2D eigenvalue weighted by Crippen LogP contribution is 2.17. The number of rotatable bonds is 7. The maximum Gasteiger partial charge on any atom is 0.118 e. The van der Waals surface area contributed by atoms with E-state index in [1.54, 1.807) is 7.11 Å². The minimum absolute atomic E-state index is 0.142. The van der Waals surface area contributed by atoms with E-state index in [2.05, 4.69) is 12.1 Å². The van der Waals surface area contributed by atoms with Gasteiger partial charge in [0, 0.05) is 18.3 Å². The number of nitrogens with two attached hydrogens (primary N) is 2. The molecule has 90 valence electrons. The molecule has 0 saturated carbocycles. The Morgan fingerprint density at radius 1 is 1.31 bits per heavy atom. The van der Waals surface area contributed by atoms with E-state index in [-0.39, 0.29) is 6.04 Å². The van der Waals surface area contributed by atoms with Crippen molar-refractivity contribution in [1.82, 2.24) is 0 Å². The minimum atomic E-state index is 0.142. The van der Waals surface area contributed by atoms with Crippen LogP contribution in [-0.2, 0) is 5.75 Å². The molecule has 1 aromatic rings. The van der Waals surface area contributed by atoms with Crippen LogP contribution in [0.2, 0.25) is 0 Å². The Hall–Kier alpha value is -0.710. The number of thioether (sulfide) groups is 1. The van der Waals surface area contributed by atoms with Crippen molar-refractivity contribution in [2.75, 3.05) is 19.4 Å². The molecule has 0 bridgehead atoms. The SMILES string of the molecule is COc1ccc(CSCC[C@H](N)CN)cc1. The van der Waals surface area contributed by atoms with Crippen molar-refractivity contribution in [3.63, 3.8) is 0 Å². The predicted molar refractivity (Wildman–Crippen MR) is 70.8 cm³/mol. The third kappa shape index (κ3) is 4.88. The lowest BCUT2D eigenvalue weighted by Gasteiger charge is -2.08. The van der Waals surface area contributed by atoms with Gasteiger partial charge in [-0.25, -0.2) is 0 Å². The van der Waals surface area contributed by atoms with Gasteiger partial charge < -0.3 is 16.2 Å². The Labute approximate surface area is 102 Å². The second-order valence-corrected chi connectivity index (χ2v) is 4.79. The minimum Gasteiger partial charge on any atom is -0.497 e. The summed E-state index contributed by atoms with van der Waals surface area (Å²) in [6.45, 7) is 0.573. The van der Waals surface area contributed by atoms with Crippen molar-refractivity contribution in [3.05, 3.63) is 29.8 Å². The van der Waals surface area contributed by atoms with Gasteiger partial charge in [-0.2, -0.15) is 11.8 Å². The van der Waals surface area contributed by atoms with Gasteiger partial charge in [0.1, 0.15) is 5.75 Å². The van der Waals surface area contributed by atoms with Gasteiger partial charge in [0.15, 0.2) is 0 Å². The summed E-state index contributed by atoms with van der Waals surface area (Å²) in [6.07, 6.45) is 0.983. The van der Waals surface area contributed by atoms with Gasteiger partial charge in [0.05, 0.1) is 7.11 Å². The third-order valence-corrected chi connectivity index (χ3v) is 3.43. The second kappa shape index (κ2) is 7.54. The number of hydrogen-bond acceptors (Lipinski definition) is 4. The topological polar surface area (TPSA) is 61.3 Å². The molecule has 1 atom stereocenters. The average molecular weight is 240 g/mol. The Morgan fingerprint density at radius 2 is 2.00 bits per heavy atom. The fraction of sp³-hybridized carbons (Fsp3) is 0.500. The Balaban J connectivity index is 2.21. The zero-order valence-corrected chi connectivity index (χ0v) is 10.5. The maximum absolute atomic E-state index is 5.74. The first-order chi connectivity index (χ1) is 7.76. The first-order valence-electron chi connectivity index (χ1n) is 5.42. The fourth-order valence-corrected chi connectivity index (χ4v) is 2.31. The van der Waals surface area contributed by atoms with Crippen LogP contribution in [-0.4, -0.2) is 25.4 Å². The first-order valence-corrected chi connectivity index (χ1v) is 6.58. The largest absolute Gasteiger partial charge is 0.497 e. The fourth-order valence-electron chi connectivity index (χ4n) is 1.26. The number of methoxy groups -OCH3 is 1. The highest BCUT2D eigenvalue weighted by atomic mass is 32.2. The van der Waals surface area contributed by atoms with Crippen molar-refractivity contribution in [2.45, 2.75) is 18.2 Å². The number of ether oxygens (including phenoxy) is 1. The lowest BCUT2D eigenvalue weighted by Crippen LogP contribution is -2.29. The molecule has 0 aliphatic carbocycles. The van der Waals surface area contributed by atoms with Gasteiger partial charge in [-0.1, -0.05) is 12.1 Å². The van der Waals surface area contributed by atoms with Crippen molar-refractivity contribution in [3.8, 4) is 5.75 Å². The van der Waals surface area contributed by atoms with Gasteiger partial charge >= 0.3 is 0 Å². The molecule has 0 fully saturated rings. The van der Waals surface area contributed by atoms with E-state index in [1.807, 2.05) is 23.9 Å². The molecule has 16 heavy (non-hydrogen) atoms. The lowest BCUT2D eigenvalue weighted by molar-refractivity contribution is 0.414. The van der Waals surface area contributed by atoms with E-state index in [0.717, 1.165) is 23.7 Å². The van der Waals surface area contributed by atoms with Gasteiger partial charge in [0.25, 0.3) is 0 Å². The van der Waals surface area contributed by atoms with E-state index < -0.39 is 0 Å². The van der Waals surface area contributed by atoms with Crippen molar-refractivity contribution >= 4 is 11.8 Å². The van der Waals surface area contributed by atoms with Gasteiger partial charge in [-0.3, -0.25) is 0 Å². The molecule has 0 radical (unpaired) electrons. The zero-order chi connectivity index (χ0) is 11.8. The van der Waals surface area contributed by atoms with Crippen LogP contribution in [0.15, 0.2) is 24.3 Å². The highest BCUT2D eigenvalue weighted by Gasteiger charge is 1.99. The van der Waals surface area contributed by atoms with E-state index >= 15 is 0 Å². The standard InChI is InChI=1S/C12H20N2OS/c1-15-12-4-2-10(3-5-12)9-16-7-6-11(14)8-13/h2-5,11H,6-9,13-14H2,1H3/t11-/m0/s1. The summed E-state index contributed by atoms with van der Waals surface area (Å²) in [7, 11) is 1.68. The molecule has 1 aromatic carbocycles. The molecule has 4 heteroatoms. The molecule has 4 N–H and O–H groups in total. The smallest absolute Gasteiger partial charge is 0.118 e. The normalized spacial score (nSPS) is 12.4. The van der Waals surface area contributed by atoms with Crippen LogP contribution in [0.25, 0.3) is 0 Å². The van der Waals surface area contributed by atoms with E-state index in [0.29, 0.717) is 6.54 Å². The lowest BCUT2D eigenvalue weighted by atomic mass is 10.2. The summed E-state index contributed by atoms with van der Waals surface area (Å²) >= 11 is 1.89. The first kappa shape index (κ1) is 13.4. The summed E-state index contributed by atoms with van der Waals surface area (Å²) in [5.41, 5.74) is 12.5. The summed E-state index contributed by atoms with van der Waals surface area (Å²) in [5, 5.41) is 0.